The zero-order chi connectivity index (χ0) is 11.9. The molecule has 3 rings (SSSR count). The average molecular weight is 227 g/mol. The summed E-state index contributed by atoms with van der Waals surface area (Å²) in [6.45, 7) is 2.26. The lowest BCUT2D eigenvalue weighted by Gasteiger charge is -2.39. The van der Waals surface area contributed by atoms with Gasteiger partial charge in [0.15, 0.2) is 0 Å². The lowest BCUT2D eigenvalue weighted by molar-refractivity contribution is 0.306. The van der Waals surface area contributed by atoms with Crippen molar-refractivity contribution in [1.82, 2.24) is 4.98 Å². The molecule has 1 heterocycles. The number of nitrogen functional groups attached to an aromatic ring is 1. The van der Waals surface area contributed by atoms with Crippen LogP contribution in [0.25, 0.3) is 10.9 Å². The fraction of sp³-hybridized carbons (Fsp3) is 0.357. The predicted octanol–water partition coefficient (Wildman–Crippen LogP) is 3.17. The number of hydrogen-bond acceptors (Lipinski definition) is 3. The highest BCUT2D eigenvalue weighted by molar-refractivity contribution is 5.83. The Morgan fingerprint density at radius 1 is 1.24 bits per heavy atom. The maximum atomic E-state index is 5.75. The Morgan fingerprint density at radius 3 is 2.76 bits per heavy atom. The van der Waals surface area contributed by atoms with E-state index in [1.165, 1.54) is 19.3 Å². The quantitative estimate of drug-likeness (QED) is 0.775. The summed E-state index contributed by atoms with van der Waals surface area (Å²) in [6, 6.07) is 9.93. The molecule has 0 amide bonds. The van der Waals surface area contributed by atoms with Crippen LogP contribution in [-0.2, 0) is 0 Å². The van der Waals surface area contributed by atoms with Gasteiger partial charge in [-0.2, -0.15) is 0 Å². The fourth-order valence-electron chi connectivity index (χ4n) is 2.35. The van der Waals surface area contributed by atoms with Crippen molar-refractivity contribution < 1.29 is 0 Å². The highest BCUT2D eigenvalue weighted by atomic mass is 15.1. The van der Waals surface area contributed by atoms with Crippen molar-refractivity contribution >= 4 is 22.4 Å². The molecule has 1 fully saturated rings. The van der Waals surface area contributed by atoms with Crippen LogP contribution in [0.4, 0.5) is 11.5 Å². The lowest BCUT2D eigenvalue weighted by atomic mass is 9.78. The van der Waals surface area contributed by atoms with Gasteiger partial charge in [0.05, 0.1) is 5.52 Å². The van der Waals surface area contributed by atoms with Gasteiger partial charge in [-0.1, -0.05) is 0 Å². The molecule has 17 heavy (non-hydrogen) atoms. The summed E-state index contributed by atoms with van der Waals surface area (Å²) in [5.41, 5.74) is 7.77. The summed E-state index contributed by atoms with van der Waals surface area (Å²) in [6.07, 6.45) is 3.77. The minimum absolute atomic E-state index is 0.245. The molecule has 0 saturated heterocycles. The molecule has 1 aliphatic rings. The third kappa shape index (κ3) is 1.93. The molecule has 0 aliphatic heterocycles. The van der Waals surface area contributed by atoms with Gasteiger partial charge in [-0.25, -0.2) is 4.98 Å². The van der Waals surface area contributed by atoms with Gasteiger partial charge in [-0.05, 0) is 56.5 Å². The first-order valence-electron chi connectivity index (χ1n) is 6.09. The van der Waals surface area contributed by atoms with Crippen molar-refractivity contribution in [3.63, 3.8) is 0 Å². The molecule has 3 N–H and O–H groups in total. The van der Waals surface area contributed by atoms with Crippen LogP contribution in [-0.4, -0.2) is 10.5 Å². The van der Waals surface area contributed by atoms with Gasteiger partial charge in [0.1, 0.15) is 5.82 Å². The van der Waals surface area contributed by atoms with Gasteiger partial charge in [0.2, 0.25) is 0 Å². The Kier molecular flexibility index (Phi) is 2.21. The van der Waals surface area contributed by atoms with Crippen LogP contribution in [0.1, 0.15) is 26.2 Å². The highest BCUT2D eigenvalue weighted by Gasteiger charge is 2.31. The van der Waals surface area contributed by atoms with E-state index in [1.807, 2.05) is 24.3 Å². The van der Waals surface area contributed by atoms with Crippen LogP contribution in [0.15, 0.2) is 30.3 Å². The van der Waals surface area contributed by atoms with Crippen molar-refractivity contribution in [3.05, 3.63) is 30.3 Å². The number of nitrogens with one attached hydrogen (secondary N) is 1. The van der Waals surface area contributed by atoms with E-state index in [9.17, 15) is 0 Å². The van der Waals surface area contributed by atoms with Crippen LogP contribution in [0, 0.1) is 0 Å². The summed E-state index contributed by atoms with van der Waals surface area (Å²) < 4.78 is 0. The SMILES string of the molecule is CC1(Nc2ccc3cc(N)ccc3n2)CCC1. The second-order valence-corrected chi connectivity index (χ2v) is 5.19. The number of pyridine rings is 1. The van der Waals surface area contributed by atoms with Crippen molar-refractivity contribution in [3.8, 4) is 0 Å². The zero-order valence-corrected chi connectivity index (χ0v) is 10.0. The number of hydrogen-bond donors (Lipinski definition) is 2. The van der Waals surface area contributed by atoms with Crippen molar-refractivity contribution in [2.45, 2.75) is 31.7 Å². The molecule has 1 saturated carbocycles. The molecule has 3 heteroatoms. The van der Waals surface area contributed by atoms with Crippen LogP contribution in [0.5, 0.6) is 0 Å². The highest BCUT2D eigenvalue weighted by Crippen LogP contribution is 2.34. The van der Waals surface area contributed by atoms with Crippen molar-refractivity contribution in [2.75, 3.05) is 11.1 Å². The van der Waals surface area contributed by atoms with E-state index in [0.29, 0.717) is 0 Å². The minimum atomic E-state index is 0.245. The number of fused-ring (bicyclic) bond motifs is 1. The molecule has 3 nitrogen and oxygen atoms in total. The first-order chi connectivity index (χ1) is 8.15. The Balaban J connectivity index is 1.93. The van der Waals surface area contributed by atoms with Gasteiger partial charge in [-0.15, -0.1) is 0 Å². The molecule has 2 aromatic rings. The largest absolute Gasteiger partial charge is 0.399 e. The standard InChI is InChI=1S/C14H17N3/c1-14(7-2-8-14)17-13-6-3-10-9-11(15)4-5-12(10)16-13/h3-6,9H,2,7-8,15H2,1H3,(H,16,17). The van der Waals surface area contributed by atoms with E-state index >= 15 is 0 Å². The summed E-state index contributed by atoms with van der Waals surface area (Å²) >= 11 is 0. The fourth-order valence-corrected chi connectivity index (χ4v) is 2.35. The van der Waals surface area contributed by atoms with Crippen LogP contribution in [0.3, 0.4) is 0 Å². The molecule has 0 unspecified atom stereocenters. The summed E-state index contributed by atoms with van der Waals surface area (Å²) in [5, 5.41) is 4.61. The molecule has 0 bridgehead atoms. The van der Waals surface area contributed by atoms with Gasteiger partial charge in [-0.3, -0.25) is 0 Å². The topological polar surface area (TPSA) is 50.9 Å². The first kappa shape index (κ1) is 10.4. The van der Waals surface area contributed by atoms with E-state index in [-0.39, 0.29) is 5.54 Å². The number of anilines is 2. The second kappa shape index (κ2) is 3.62. The molecular formula is C14H17N3. The summed E-state index contributed by atoms with van der Waals surface area (Å²) in [5.74, 6) is 0.962. The third-order valence-corrected chi connectivity index (χ3v) is 3.60. The second-order valence-electron chi connectivity index (χ2n) is 5.19. The van der Waals surface area contributed by atoms with Crippen LogP contribution in [0.2, 0.25) is 0 Å². The minimum Gasteiger partial charge on any atom is -0.399 e. The Bertz CT molecular complexity index is 558. The average Bonchev–Trinajstić information content (AvgIpc) is 2.27. The van der Waals surface area contributed by atoms with Gasteiger partial charge in [0, 0.05) is 16.6 Å². The van der Waals surface area contributed by atoms with Crippen LogP contribution >= 0.6 is 0 Å². The van der Waals surface area contributed by atoms with Crippen molar-refractivity contribution in [2.24, 2.45) is 0 Å². The number of rotatable bonds is 2. The molecule has 0 atom stereocenters. The number of nitrogens with two attached hydrogens (primary N) is 1. The normalized spacial score (nSPS) is 17.7. The van der Waals surface area contributed by atoms with E-state index in [0.717, 1.165) is 22.4 Å². The molecule has 88 valence electrons. The van der Waals surface area contributed by atoms with Gasteiger partial charge >= 0.3 is 0 Å². The Labute approximate surface area is 101 Å². The summed E-state index contributed by atoms with van der Waals surface area (Å²) in [7, 11) is 0. The Morgan fingerprint density at radius 2 is 2.06 bits per heavy atom. The number of nitrogens with zero attached hydrogens (tertiary/aromatic N) is 1. The van der Waals surface area contributed by atoms with Gasteiger partial charge in [0.25, 0.3) is 0 Å². The first-order valence-corrected chi connectivity index (χ1v) is 6.09. The van der Waals surface area contributed by atoms with E-state index in [1.54, 1.807) is 0 Å². The molecular weight excluding hydrogens is 210 g/mol. The van der Waals surface area contributed by atoms with Crippen molar-refractivity contribution in [1.29, 1.82) is 0 Å². The maximum Gasteiger partial charge on any atom is 0.127 e. The number of aromatic nitrogens is 1. The smallest absolute Gasteiger partial charge is 0.127 e. The monoisotopic (exact) mass is 227 g/mol. The molecule has 1 aromatic heterocycles. The zero-order valence-electron chi connectivity index (χ0n) is 10.0. The molecule has 0 radical (unpaired) electrons. The maximum absolute atomic E-state index is 5.75. The summed E-state index contributed by atoms with van der Waals surface area (Å²) in [4.78, 5) is 4.62. The van der Waals surface area contributed by atoms with Crippen LogP contribution < -0.4 is 11.1 Å². The van der Waals surface area contributed by atoms with E-state index in [2.05, 4.69) is 23.3 Å². The lowest BCUT2D eigenvalue weighted by Crippen LogP contribution is -2.41. The van der Waals surface area contributed by atoms with E-state index in [4.69, 9.17) is 5.73 Å². The van der Waals surface area contributed by atoms with E-state index < -0.39 is 0 Å². The molecule has 1 aliphatic carbocycles. The third-order valence-electron chi connectivity index (χ3n) is 3.60. The molecule has 0 spiro atoms. The number of benzene rings is 1. The predicted molar refractivity (Wildman–Crippen MR) is 72.0 cm³/mol. The molecule has 1 aromatic carbocycles. The Hall–Kier alpha value is -1.77. The van der Waals surface area contributed by atoms with Gasteiger partial charge < -0.3 is 11.1 Å².